The molecule has 7 amide bonds. The number of methoxy groups -OCH3 is 1. The molecule has 0 bridgehead atoms. The van der Waals surface area contributed by atoms with Crippen LogP contribution in [0.2, 0.25) is 0 Å². The van der Waals surface area contributed by atoms with Gasteiger partial charge in [0.25, 0.3) is 5.91 Å². The molecule has 91 heavy (non-hydrogen) atoms. The number of nitrogens with one attached hydrogen (secondary N) is 5. The molecule has 1 aromatic heterocycles. The molecule has 3 aromatic carbocycles. The summed E-state index contributed by atoms with van der Waals surface area (Å²) < 4.78 is 5.20. The minimum atomic E-state index is -2.02. The number of piperazine rings is 1. The van der Waals surface area contributed by atoms with Crippen molar-refractivity contribution in [1.82, 2.24) is 51.6 Å². The topological polar surface area (TPSA) is 404 Å². The van der Waals surface area contributed by atoms with Crippen LogP contribution in [0.3, 0.4) is 0 Å². The van der Waals surface area contributed by atoms with Gasteiger partial charge in [0, 0.05) is 93.4 Å². The number of carbonyl (C=O) groups is 7. The first-order valence-corrected chi connectivity index (χ1v) is 31.8. The Labute approximate surface area is 530 Å². The van der Waals surface area contributed by atoms with Crippen molar-refractivity contribution in [3.8, 4) is 32.6 Å². The van der Waals surface area contributed by atoms with Crippen LogP contribution in [0.15, 0.2) is 66.7 Å². The van der Waals surface area contributed by atoms with Crippen molar-refractivity contribution in [2.45, 2.75) is 145 Å². The van der Waals surface area contributed by atoms with Crippen molar-refractivity contribution in [2.24, 2.45) is 17.6 Å². The largest absolute Gasteiger partial charge is 0.504 e. The SMILES string of the molecule is COc1cc(C[C@@H](O)[C@@H]2NC(=O)[C@@H]3C[C@@H](O)CN3C(=O)[C@H]([C@@H](C)O)NC(=O)C(NC(=O)c3ccc(-c4nnc(-c5ccc(N6CCN(OCC7CCCCC7)CC6)cc5)s4)cc3)C[C@@H](O)CNC(=O)[C@@H]3[C@@H](O)[C@@H](C)CN3C(=O)[C@H]([C@H](O)CCN)NC2=O)ccc1O. The molecule has 4 aliphatic heterocycles. The lowest BCUT2D eigenvalue weighted by molar-refractivity contribution is -0.173. The lowest BCUT2D eigenvalue weighted by Gasteiger charge is -2.36. The van der Waals surface area contributed by atoms with Crippen LogP contribution < -0.4 is 42.0 Å². The fourth-order valence-corrected chi connectivity index (χ4v) is 13.2. The highest BCUT2D eigenvalue weighted by atomic mass is 32.1. The van der Waals surface area contributed by atoms with Crippen LogP contribution in [0.1, 0.15) is 81.1 Å². The van der Waals surface area contributed by atoms with Crippen molar-refractivity contribution < 1.29 is 78.9 Å². The van der Waals surface area contributed by atoms with Gasteiger partial charge < -0.3 is 87.5 Å². The molecule has 1 saturated carbocycles. The third-order valence-corrected chi connectivity index (χ3v) is 18.7. The number of anilines is 1. The van der Waals surface area contributed by atoms with E-state index in [-0.39, 0.29) is 42.1 Å². The second kappa shape index (κ2) is 30.8. The summed E-state index contributed by atoms with van der Waals surface area (Å²) in [5.41, 5.74) is 8.70. The number of hydroxylamine groups is 2. The van der Waals surface area contributed by atoms with Gasteiger partial charge in [-0.1, -0.05) is 55.7 Å². The summed E-state index contributed by atoms with van der Waals surface area (Å²) in [4.78, 5) is 112. The molecule has 14 N–H and O–H groups in total. The van der Waals surface area contributed by atoms with E-state index < -0.39 is 152 Å². The quantitative estimate of drug-likeness (QED) is 0.0608. The van der Waals surface area contributed by atoms with E-state index in [0.717, 1.165) is 60.8 Å². The number of hydrogen-bond donors (Lipinski definition) is 13. The number of benzene rings is 3. The Bertz CT molecular complexity index is 3180. The number of phenols is 1. The van der Waals surface area contributed by atoms with Gasteiger partial charge in [-0.3, -0.25) is 38.4 Å². The van der Waals surface area contributed by atoms with Gasteiger partial charge in [-0.15, -0.1) is 10.2 Å². The van der Waals surface area contributed by atoms with Crippen molar-refractivity contribution in [3.63, 3.8) is 0 Å². The van der Waals surface area contributed by atoms with Gasteiger partial charge in [-0.05, 0) is 92.7 Å². The number of aliphatic hydroxyl groups is 6. The first-order chi connectivity index (χ1) is 43.6. The van der Waals surface area contributed by atoms with E-state index in [1.165, 1.54) is 80.9 Å². The van der Waals surface area contributed by atoms with Crippen molar-refractivity contribution in [2.75, 3.05) is 71.0 Å². The van der Waals surface area contributed by atoms with Gasteiger partial charge in [0.1, 0.15) is 46.3 Å². The highest BCUT2D eigenvalue weighted by molar-refractivity contribution is 7.17. The van der Waals surface area contributed by atoms with Crippen LogP contribution in [-0.4, -0.2) is 241 Å². The Morgan fingerprint density at radius 2 is 1.38 bits per heavy atom. The Hall–Kier alpha value is -7.45. The van der Waals surface area contributed by atoms with Crippen molar-refractivity contribution in [3.05, 3.63) is 77.9 Å². The number of fused-ring (bicyclic) bond motifs is 2. The molecular formula is C62H84N12O16S. The molecule has 5 fully saturated rings. The Morgan fingerprint density at radius 1 is 0.747 bits per heavy atom. The summed E-state index contributed by atoms with van der Waals surface area (Å²) in [7, 11) is 1.28. The summed E-state index contributed by atoms with van der Waals surface area (Å²) in [5, 5.41) is 103. The van der Waals surface area contributed by atoms with Gasteiger partial charge in [0.05, 0.1) is 50.3 Å². The highest BCUT2D eigenvalue weighted by Gasteiger charge is 2.50. The molecule has 28 nitrogen and oxygen atoms in total. The number of nitrogens with zero attached hydrogens (tertiary/aromatic N) is 6. The Balaban J connectivity index is 0.935. The molecule has 5 aliphatic rings. The zero-order chi connectivity index (χ0) is 65.2. The average molecular weight is 1290 g/mol. The zero-order valence-corrected chi connectivity index (χ0v) is 52.0. The van der Waals surface area contributed by atoms with E-state index >= 15 is 0 Å². The van der Waals surface area contributed by atoms with Gasteiger partial charge in [-0.2, -0.15) is 5.06 Å². The summed E-state index contributed by atoms with van der Waals surface area (Å²) in [6, 6.07) is 7.48. The second-order valence-electron chi connectivity index (χ2n) is 24.3. The number of aliphatic hydroxyl groups excluding tert-OH is 6. The minimum Gasteiger partial charge on any atom is -0.504 e. The van der Waals surface area contributed by atoms with E-state index in [1.54, 1.807) is 19.1 Å². The standard InChI is InChI=1S/C62H84N12O16S/c1-33-30-74-52(53(33)81)58(86)64-29-41(76)27-43(65-54(82)37-10-12-38(13-11-37)59-69-70-60(91-59)39-14-16-40(17-15-39)71-21-23-72(24-22-71)90-32-35-7-5-4-6-8-35)55(83)66-49(34(2)75)61(87)73-31-42(77)28-44(73)56(84)67-50(57(85)68-51(62(74)88)46(79)19-20-63)47(80)25-36-9-18-45(78)48(26-36)89-3/h9-18,26,33-35,41-44,46-47,49-53,75-81H,4-8,19-25,27-32,63H2,1-3H3,(H,64,86)(H,65,82)(H,66,83)(H,67,84)(H,68,85)/t33-,34+,41+,42+,43?,44-,46+,47+,49-,50-,51-,52-,53-/m0/s1. The highest BCUT2D eigenvalue weighted by Crippen LogP contribution is 2.33. The maximum absolute atomic E-state index is 14.7. The third kappa shape index (κ3) is 16.6. The van der Waals surface area contributed by atoms with E-state index in [4.69, 9.17) is 15.3 Å². The number of rotatable bonds is 16. The molecule has 9 rings (SSSR count). The van der Waals surface area contributed by atoms with Crippen molar-refractivity contribution in [1.29, 1.82) is 0 Å². The smallest absolute Gasteiger partial charge is 0.251 e. The van der Waals surface area contributed by atoms with Gasteiger partial charge >= 0.3 is 0 Å². The average Bonchev–Trinajstić information content (AvgIpc) is 1.82. The predicted molar refractivity (Wildman–Crippen MR) is 330 cm³/mol. The maximum Gasteiger partial charge on any atom is 0.251 e. The molecule has 494 valence electrons. The number of aromatic nitrogens is 2. The lowest BCUT2D eigenvalue weighted by Crippen LogP contribution is -2.64. The maximum atomic E-state index is 14.7. The van der Waals surface area contributed by atoms with E-state index in [1.807, 2.05) is 12.1 Å². The molecular weight excluding hydrogens is 1200 g/mol. The van der Waals surface area contributed by atoms with Crippen LogP contribution in [0.4, 0.5) is 5.69 Å². The second-order valence-corrected chi connectivity index (χ2v) is 25.3. The van der Waals surface area contributed by atoms with Gasteiger partial charge in [0.15, 0.2) is 11.5 Å². The summed E-state index contributed by atoms with van der Waals surface area (Å²) in [6.07, 6.45) is -5.37. The van der Waals surface area contributed by atoms with Crippen molar-refractivity contribution >= 4 is 58.4 Å². The van der Waals surface area contributed by atoms with Crippen LogP contribution in [0.25, 0.3) is 21.1 Å². The van der Waals surface area contributed by atoms with Crippen LogP contribution in [-0.2, 0) is 40.0 Å². The number of hydrogen-bond acceptors (Lipinski definition) is 22. The first kappa shape index (κ1) is 67.9. The Morgan fingerprint density at radius 3 is 2.03 bits per heavy atom. The zero-order valence-electron chi connectivity index (χ0n) is 51.1. The molecule has 4 saturated heterocycles. The molecule has 0 radical (unpaired) electrons. The first-order valence-electron chi connectivity index (χ1n) is 31.0. The molecule has 29 heteroatoms. The number of ether oxygens (including phenoxy) is 1. The fourth-order valence-electron chi connectivity index (χ4n) is 12.4. The number of nitrogens with two attached hydrogens (primary N) is 1. The third-order valence-electron chi connectivity index (χ3n) is 17.7. The monoisotopic (exact) mass is 1280 g/mol. The number of carbonyl (C=O) groups excluding carboxylic acids is 7. The molecule has 0 spiro atoms. The van der Waals surface area contributed by atoms with Crippen LogP contribution in [0, 0.1) is 11.8 Å². The van der Waals surface area contributed by atoms with E-state index in [9.17, 15) is 69.3 Å². The minimum absolute atomic E-state index is 0.00274. The number of phenolic OH excluding ortho intramolecular Hbond substituents is 1. The van der Waals surface area contributed by atoms with Crippen LogP contribution >= 0.6 is 11.3 Å². The molecule has 1 unspecified atom stereocenters. The summed E-state index contributed by atoms with van der Waals surface area (Å²) in [6.45, 7) is 5.11. The fraction of sp³-hybridized carbons (Fsp3) is 0.565. The normalized spacial score (nSPS) is 27.3. The molecule has 5 heterocycles. The number of amides is 7. The van der Waals surface area contributed by atoms with Crippen LogP contribution in [0.5, 0.6) is 11.5 Å². The number of aromatic hydroxyl groups is 1. The molecule has 13 atom stereocenters. The van der Waals surface area contributed by atoms with Gasteiger partial charge in [-0.25, -0.2) is 0 Å². The molecule has 4 aromatic rings. The summed E-state index contributed by atoms with van der Waals surface area (Å²) >= 11 is 1.34. The van der Waals surface area contributed by atoms with E-state index in [2.05, 4.69) is 58.9 Å². The Kier molecular flexibility index (Phi) is 23.0. The summed E-state index contributed by atoms with van der Waals surface area (Å²) in [5.74, 6) is -7.88. The number of β-amino-alcohol motifs (C(OH)–C–C–N with tert-alkyl or cyclic N) is 1. The molecule has 1 aliphatic carbocycles. The predicted octanol–water partition coefficient (Wildman–Crippen LogP) is -1.48. The van der Waals surface area contributed by atoms with E-state index in [0.29, 0.717) is 21.5 Å². The lowest BCUT2D eigenvalue weighted by atomic mass is 9.90. The van der Waals surface area contributed by atoms with Gasteiger partial charge in [0.2, 0.25) is 35.4 Å².